The SMILES string of the molecule is COc1ccc([C@@H]2CCCN2C(=O)[C@@H]2CC(=O)N(c3cccc(F)c3)C2)c(OC)c1. The lowest BCUT2D eigenvalue weighted by Gasteiger charge is -2.28. The third-order valence-corrected chi connectivity index (χ3v) is 5.93. The Kier molecular flexibility index (Phi) is 5.61. The first kappa shape index (κ1) is 20.2. The summed E-state index contributed by atoms with van der Waals surface area (Å²) in [6.07, 6.45) is 1.86. The molecule has 2 aromatic carbocycles. The van der Waals surface area contributed by atoms with Gasteiger partial charge < -0.3 is 19.3 Å². The first-order valence-corrected chi connectivity index (χ1v) is 10.1. The zero-order chi connectivity index (χ0) is 21.3. The highest BCUT2D eigenvalue weighted by atomic mass is 19.1. The van der Waals surface area contributed by atoms with Crippen molar-refractivity contribution < 1.29 is 23.5 Å². The Morgan fingerprint density at radius 1 is 1.13 bits per heavy atom. The standard InChI is InChI=1S/C23H25FN2O4/c1-29-18-8-9-19(21(13-18)30-2)20-7-4-10-25(20)23(28)15-11-22(27)26(14-15)17-6-3-5-16(24)12-17/h3,5-6,8-9,12-13,15,20H,4,7,10-11,14H2,1-2H3/t15-,20+/m1/s1. The van der Waals surface area contributed by atoms with E-state index in [4.69, 9.17) is 9.47 Å². The number of carbonyl (C=O) groups excluding carboxylic acids is 2. The molecule has 2 heterocycles. The summed E-state index contributed by atoms with van der Waals surface area (Å²) in [4.78, 5) is 29.3. The molecule has 0 N–H and O–H groups in total. The van der Waals surface area contributed by atoms with Crippen molar-refractivity contribution in [1.29, 1.82) is 0 Å². The summed E-state index contributed by atoms with van der Waals surface area (Å²) in [5.41, 5.74) is 1.43. The van der Waals surface area contributed by atoms with Crippen molar-refractivity contribution in [3.63, 3.8) is 0 Å². The highest BCUT2D eigenvalue weighted by Gasteiger charge is 2.41. The number of hydrogen-bond acceptors (Lipinski definition) is 4. The zero-order valence-electron chi connectivity index (χ0n) is 17.1. The van der Waals surface area contributed by atoms with Crippen molar-refractivity contribution in [2.75, 3.05) is 32.2 Å². The molecule has 7 heteroatoms. The van der Waals surface area contributed by atoms with Crippen LogP contribution in [0.5, 0.6) is 11.5 Å². The van der Waals surface area contributed by atoms with E-state index in [9.17, 15) is 14.0 Å². The zero-order valence-corrected chi connectivity index (χ0v) is 17.1. The number of hydrogen-bond donors (Lipinski definition) is 0. The van der Waals surface area contributed by atoms with Gasteiger partial charge in [-0.1, -0.05) is 6.07 Å². The maximum Gasteiger partial charge on any atom is 0.228 e. The van der Waals surface area contributed by atoms with Crippen LogP contribution in [-0.2, 0) is 9.59 Å². The van der Waals surface area contributed by atoms with E-state index in [0.29, 0.717) is 23.7 Å². The third kappa shape index (κ3) is 3.72. The molecule has 30 heavy (non-hydrogen) atoms. The second-order valence-electron chi connectivity index (χ2n) is 7.68. The second-order valence-corrected chi connectivity index (χ2v) is 7.68. The maximum atomic E-state index is 13.6. The lowest BCUT2D eigenvalue weighted by molar-refractivity contribution is -0.136. The van der Waals surface area contributed by atoms with Gasteiger partial charge in [-0.2, -0.15) is 0 Å². The molecule has 4 rings (SSSR count). The smallest absolute Gasteiger partial charge is 0.228 e. The molecule has 0 spiro atoms. The molecule has 6 nitrogen and oxygen atoms in total. The van der Waals surface area contributed by atoms with Crippen molar-refractivity contribution in [1.82, 2.24) is 4.90 Å². The number of ether oxygens (including phenoxy) is 2. The second kappa shape index (κ2) is 8.34. The molecule has 2 aromatic rings. The van der Waals surface area contributed by atoms with Gasteiger partial charge in [0.05, 0.1) is 26.2 Å². The summed E-state index contributed by atoms with van der Waals surface area (Å²) in [7, 11) is 3.20. The van der Waals surface area contributed by atoms with Crippen LogP contribution in [0.25, 0.3) is 0 Å². The minimum Gasteiger partial charge on any atom is -0.497 e. The van der Waals surface area contributed by atoms with Crippen LogP contribution >= 0.6 is 0 Å². The molecule has 0 radical (unpaired) electrons. The monoisotopic (exact) mass is 412 g/mol. The first-order valence-electron chi connectivity index (χ1n) is 10.1. The predicted octanol–water partition coefficient (Wildman–Crippen LogP) is 3.56. The topological polar surface area (TPSA) is 59.1 Å². The van der Waals surface area contributed by atoms with E-state index in [2.05, 4.69) is 0 Å². The molecule has 0 unspecified atom stereocenters. The maximum absolute atomic E-state index is 13.6. The van der Waals surface area contributed by atoms with Crippen LogP contribution < -0.4 is 14.4 Å². The van der Waals surface area contributed by atoms with Crippen LogP contribution in [0.4, 0.5) is 10.1 Å². The minimum atomic E-state index is -0.439. The number of carbonyl (C=O) groups is 2. The van der Waals surface area contributed by atoms with Gasteiger partial charge in [-0.25, -0.2) is 4.39 Å². The van der Waals surface area contributed by atoms with Crippen molar-refractivity contribution in [3.8, 4) is 11.5 Å². The summed E-state index contributed by atoms with van der Waals surface area (Å²) in [6.45, 7) is 0.910. The number of benzene rings is 2. The summed E-state index contributed by atoms with van der Waals surface area (Å²) >= 11 is 0. The Morgan fingerprint density at radius 2 is 1.97 bits per heavy atom. The van der Waals surface area contributed by atoms with Crippen LogP contribution in [0.1, 0.15) is 30.9 Å². The van der Waals surface area contributed by atoms with Crippen molar-refractivity contribution in [2.24, 2.45) is 5.92 Å². The van der Waals surface area contributed by atoms with Gasteiger partial charge in [0.1, 0.15) is 17.3 Å². The number of nitrogens with zero attached hydrogens (tertiary/aromatic N) is 2. The van der Waals surface area contributed by atoms with Crippen LogP contribution in [0.2, 0.25) is 0 Å². The van der Waals surface area contributed by atoms with E-state index < -0.39 is 11.7 Å². The Balaban J connectivity index is 1.54. The van der Waals surface area contributed by atoms with E-state index in [1.165, 1.54) is 17.0 Å². The van der Waals surface area contributed by atoms with Gasteiger partial charge in [-0.15, -0.1) is 0 Å². The first-order chi connectivity index (χ1) is 14.5. The fourth-order valence-corrected chi connectivity index (χ4v) is 4.45. The van der Waals surface area contributed by atoms with Crippen LogP contribution in [0.3, 0.4) is 0 Å². The summed E-state index contributed by atoms with van der Waals surface area (Å²) in [5, 5.41) is 0. The molecule has 158 valence electrons. The molecule has 0 saturated carbocycles. The van der Waals surface area contributed by atoms with Crippen LogP contribution in [0.15, 0.2) is 42.5 Å². The fraction of sp³-hybridized carbons (Fsp3) is 0.391. The van der Waals surface area contributed by atoms with Crippen LogP contribution in [0, 0.1) is 11.7 Å². The molecule has 2 atom stereocenters. The van der Waals surface area contributed by atoms with Gasteiger partial charge in [0.15, 0.2) is 0 Å². The molecule has 2 saturated heterocycles. The Bertz CT molecular complexity index is 964. The van der Waals surface area contributed by atoms with Gasteiger partial charge in [-0.3, -0.25) is 9.59 Å². The summed E-state index contributed by atoms with van der Waals surface area (Å²) in [5.74, 6) is 0.341. The van der Waals surface area contributed by atoms with E-state index >= 15 is 0 Å². The fourth-order valence-electron chi connectivity index (χ4n) is 4.45. The molecule has 2 aliphatic heterocycles. The largest absolute Gasteiger partial charge is 0.497 e. The third-order valence-electron chi connectivity index (χ3n) is 5.93. The highest BCUT2D eigenvalue weighted by molar-refractivity contribution is 6.00. The highest BCUT2D eigenvalue weighted by Crippen LogP contribution is 2.40. The number of methoxy groups -OCH3 is 2. The van der Waals surface area contributed by atoms with Crippen molar-refractivity contribution >= 4 is 17.5 Å². The van der Waals surface area contributed by atoms with Crippen molar-refractivity contribution in [2.45, 2.75) is 25.3 Å². The van der Waals surface area contributed by atoms with E-state index in [1.807, 2.05) is 23.1 Å². The summed E-state index contributed by atoms with van der Waals surface area (Å²) < 4.78 is 24.4. The number of likely N-dealkylation sites (tertiary alicyclic amines) is 1. The Labute approximate surface area is 175 Å². The lowest BCUT2D eigenvalue weighted by atomic mass is 10.0. The molecular formula is C23H25FN2O4. The summed E-state index contributed by atoms with van der Waals surface area (Å²) in [6, 6.07) is 11.4. The Morgan fingerprint density at radius 3 is 2.70 bits per heavy atom. The molecule has 2 fully saturated rings. The molecule has 0 aromatic heterocycles. The number of rotatable bonds is 5. The quantitative estimate of drug-likeness (QED) is 0.754. The molecule has 0 bridgehead atoms. The van der Waals surface area contributed by atoms with Gasteiger partial charge in [-0.05, 0) is 43.2 Å². The normalized spacial score (nSPS) is 21.2. The molecule has 2 amide bonds. The van der Waals surface area contributed by atoms with E-state index in [1.54, 1.807) is 26.4 Å². The van der Waals surface area contributed by atoms with E-state index in [-0.39, 0.29) is 30.8 Å². The number of anilines is 1. The number of halogens is 1. The Hall–Kier alpha value is -3.09. The minimum absolute atomic E-state index is 0.0392. The molecule has 0 aliphatic carbocycles. The van der Waals surface area contributed by atoms with Crippen LogP contribution in [-0.4, -0.2) is 44.0 Å². The number of amides is 2. The van der Waals surface area contributed by atoms with Crippen molar-refractivity contribution in [3.05, 3.63) is 53.8 Å². The van der Waals surface area contributed by atoms with Gasteiger partial charge >= 0.3 is 0 Å². The van der Waals surface area contributed by atoms with E-state index in [0.717, 1.165) is 18.4 Å². The van der Waals surface area contributed by atoms with Gasteiger partial charge in [0.2, 0.25) is 11.8 Å². The molecular weight excluding hydrogens is 387 g/mol. The molecule has 2 aliphatic rings. The average Bonchev–Trinajstić information content (AvgIpc) is 3.39. The van der Waals surface area contributed by atoms with Gasteiger partial charge in [0, 0.05) is 36.8 Å². The average molecular weight is 412 g/mol. The predicted molar refractivity (Wildman–Crippen MR) is 110 cm³/mol. The lowest BCUT2D eigenvalue weighted by Crippen LogP contribution is -2.37. The van der Waals surface area contributed by atoms with Gasteiger partial charge in [0.25, 0.3) is 0 Å².